The van der Waals surface area contributed by atoms with Gasteiger partial charge in [-0.25, -0.2) is 4.98 Å². The molecule has 0 saturated carbocycles. The Labute approximate surface area is 207 Å². The summed E-state index contributed by atoms with van der Waals surface area (Å²) >= 11 is 7.31. The van der Waals surface area contributed by atoms with Gasteiger partial charge in [0.05, 0.1) is 5.02 Å². The standard InChI is InChI=1S/C27H22ClN3O2S/c1-18-6-5-9-20(16-18)26(32)30-22-11-13-23(14-12-22)34-25(19-7-3-2-4-8-19)27(33)31-24-15-10-21(28)17-29-24/h2-17,25H,1H3,(H,30,32)(H,29,31,33). The SMILES string of the molecule is Cc1cccc(C(=O)Nc2ccc(SC(C(=O)Nc3ccc(Cl)cn3)c3ccccc3)cc2)c1. The molecule has 1 atom stereocenters. The highest BCUT2D eigenvalue weighted by atomic mass is 35.5. The molecule has 2 N–H and O–H groups in total. The number of amides is 2. The highest BCUT2D eigenvalue weighted by Gasteiger charge is 2.22. The van der Waals surface area contributed by atoms with Crippen LogP contribution in [-0.4, -0.2) is 16.8 Å². The molecule has 2 amide bonds. The monoisotopic (exact) mass is 487 g/mol. The molecule has 3 aromatic carbocycles. The van der Waals surface area contributed by atoms with Crippen LogP contribution >= 0.6 is 23.4 Å². The zero-order chi connectivity index (χ0) is 23.9. The summed E-state index contributed by atoms with van der Waals surface area (Å²) in [6.45, 7) is 1.95. The smallest absolute Gasteiger partial charge is 0.255 e. The number of halogens is 1. The van der Waals surface area contributed by atoms with E-state index in [1.165, 1.54) is 18.0 Å². The van der Waals surface area contributed by atoms with Gasteiger partial charge in [0.25, 0.3) is 5.91 Å². The van der Waals surface area contributed by atoms with Gasteiger partial charge in [0.1, 0.15) is 11.1 Å². The van der Waals surface area contributed by atoms with Crippen LogP contribution in [0.4, 0.5) is 11.5 Å². The number of carbonyl (C=O) groups excluding carboxylic acids is 2. The molecule has 7 heteroatoms. The first-order chi connectivity index (χ1) is 16.5. The largest absolute Gasteiger partial charge is 0.322 e. The fraction of sp³-hybridized carbons (Fsp3) is 0.0741. The predicted octanol–water partition coefficient (Wildman–Crippen LogP) is 6.77. The van der Waals surface area contributed by atoms with Crippen molar-refractivity contribution in [2.45, 2.75) is 17.1 Å². The van der Waals surface area contributed by atoms with Crippen molar-refractivity contribution in [1.82, 2.24) is 4.98 Å². The van der Waals surface area contributed by atoms with E-state index in [0.29, 0.717) is 22.1 Å². The maximum Gasteiger partial charge on any atom is 0.255 e. The zero-order valence-corrected chi connectivity index (χ0v) is 19.9. The van der Waals surface area contributed by atoms with Gasteiger partial charge in [0.15, 0.2) is 0 Å². The molecule has 0 fully saturated rings. The average molecular weight is 488 g/mol. The number of nitrogens with zero attached hydrogens (tertiary/aromatic N) is 1. The van der Waals surface area contributed by atoms with Crippen LogP contribution < -0.4 is 10.6 Å². The number of thioether (sulfide) groups is 1. The Hall–Kier alpha value is -3.61. The van der Waals surface area contributed by atoms with Gasteiger partial charge in [-0.1, -0.05) is 59.6 Å². The Balaban J connectivity index is 1.48. The summed E-state index contributed by atoms with van der Waals surface area (Å²) in [5.41, 5.74) is 3.19. The minimum absolute atomic E-state index is 0.166. The Morgan fingerprint density at radius 3 is 2.32 bits per heavy atom. The van der Waals surface area contributed by atoms with Gasteiger partial charge in [-0.15, -0.1) is 11.8 Å². The van der Waals surface area contributed by atoms with Crippen LogP contribution in [0.15, 0.2) is 102 Å². The van der Waals surface area contributed by atoms with Crippen LogP contribution in [0.5, 0.6) is 0 Å². The lowest BCUT2D eigenvalue weighted by molar-refractivity contribution is -0.115. The topological polar surface area (TPSA) is 71.1 Å². The number of hydrogen-bond acceptors (Lipinski definition) is 4. The van der Waals surface area contributed by atoms with Crippen LogP contribution in [-0.2, 0) is 4.79 Å². The van der Waals surface area contributed by atoms with E-state index >= 15 is 0 Å². The molecular weight excluding hydrogens is 466 g/mol. The Morgan fingerprint density at radius 1 is 0.882 bits per heavy atom. The van der Waals surface area contributed by atoms with Gasteiger partial charge in [0.2, 0.25) is 5.91 Å². The van der Waals surface area contributed by atoms with E-state index in [9.17, 15) is 9.59 Å². The van der Waals surface area contributed by atoms with Crippen LogP contribution in [0.1, 0.15) is 26.7 Å². The Morgan fingerprint density at radius 2 is 1.65 bits per heavy atom. The van der Waals surface area contributed by atoms with E-state index in [0.717, 1.165) is 16.0 Å². The predicted molar refractivity (Wildman–Crippen MR) is 138 cm³/mol. The van der Waals surface area contributed by atoms with Crippen LogP contribution in [0.2, 0.25) is 5.02 Å². The number of rotatable bonds is 7. The minimum Gasteiger partial charge on any atom is -0.322 e. The van der Waals surface area contributed by atoms with Crippen molar-refractivity contribution in [2.75, 3.05) is 10.6 Å². The number of hydrogen-bond donors (Lipinski definition) is 2. The van der Waals surface area contributed by atoms with Crippen LogP contribution in [0.25, 0.3) is 0 Å². The molecule has 0 spiro atoms. The molecule has 0 aliphatic carbocycles. The van der Waals surface area contributed by atoms with Crippen LogP contribution in [0, 0.1) is 6.92 Å². The summed E-state index contributed by atoms with van der Waals surface area (Å²) in [5, 5.41) is 5.78. The van der Waals surface area contributed by atoms with E-state index in [1.54, 1.807) is 18.2 Å². The molecule has 0 aliphatic heterocycles. The van der Waals surface area contributed by atoms with Crippen molar-refractivity contribution in [2.24, 2.45) is 0 Å². The third-order valence-corrected chi connectivity index (χ3v) is 6.46. The lowest BCUT2D eigenvalue weighted by Crippen LogP contribution is -2.19. The summed E-state index contributed by atoms with van der Waals surface area (Å²) in [6.07, 6.45) is 1.49. The zero-order valence-electron chi connectivity index (χ0n) is 18.4. The van der Waals surface area contributed by atoms with E-state index < -0.39 is 5.25 Å². The number of nitrogens with one attached hydrogen (secondary N) is 2. The van der Waals surface area contributed by atoms with E-state index in [2.05, 4.69) is 15.6 Å². The van der Waals surface area contributed by atoms with Gasteiger partial charge in [0, 0.05) is 22.3 Å². The first-order valence-electron chi connectivity index (χ1n) is 10.6. The molecule has 0 aliphatic rings. The first-order valence-corrected chi connectivity index (χ1v) is 11.9. The first kappa shape index (κ1) is 23.5. The second kappa shape index (κ2) is 11.0. The molecule has 1 aromatic heterocycles. The average Bonchev–Trinajstić information content (AvgIpc) is 2.85. The highest BCUT2D eigenvalue weighted by Crippen LogP contribution is 2.36. The number of carbonyl (C=O) groups is 2. The molecular formula is C27H22ClN3O2S. The van der Waals surface area contributed by atoms with E-state index in [1.807, 2.05) is 79.7 Å². The molecule has 0 radical (unpaired) electrons. The molecule has 4 aromatic rings. The van der Waals surface area contributed by atoms with Gasteiger partial charge < -0.3 is 10.6 Å². The molecule has 1 heterocycles. The number of aryl methyl sites for hydroxylation is 1. The van der Waals surface area contributed by atoms with Crippen molar-refractivity contribution < 1.29 is 9.59 Å². The third-order valence-electron chi connectivity index (χ3n) is 4.97. The maximum absolute atomic E-state index is 13.1. The van der Waals surface area contributed by atoms with Gasteiger partial charge >= 0.3 is 0 Å². The van der Waals surface area contributed by atoms with Gasteiger partial charge in [-0.3, -0.25) is 9.59 Å². The van der Waals surface area contributed by atoms with Gasteiger partial charge in [-0.05, 0) is 61.0 Å². The summed E-state index contributed by atoms with van der Waals surface area (Å²) < 4.78 is 0. The maximum atomic E-state index is 13.1. The quantitative estimate of drug-likeness (QED) is 0.282. The van der Waals surface area contributed by atoms with Gasteiger partial charge in [-0.2, -0.15) is 0 Å². The summed E-state index contributed by atoms with van der Waals surface area (Å²) in [5.74, 6) is 0.0779. The molecule has 170 valence electrons. The molecule has 0 bridgehead atoms. The number of anilines is 2. The second-order valence-corrected chi connectivity index (χ2v) is 9.22. The highest BCUT2D eigenvalue weighted by molar-refractivity contribution is 8.00. The molecule has 1 unspecified atom stereocenters. The fourth-order valence-corrected chi connectivity index (χ4v) is 4.42. The third kappa shape index (κ3) is 6.25. The van der Waals surface area contributed by atoms with E-state index in [-0.39, 0.29) is 11.8 Å². The number of aromatic nitrogens is 1. The van der Waals surface area contributed by atoms with Crippen molar-refractivity contribution >= 4 is 46.7 Å². The molecule has 0 saturated heterocycles. The molecule has 5 nitrogen and oxygen atoms in total. The number of pyridine rings is 1. The Kier molecular flexibility index (Phi) is 7.62. The molecule has 34 heavy (non-hydrogen) atoms. The second-order valence-electron chi connectivity index (χ2n) is 7.61. The lowest BCUT2D eigenvalue weighted by atomic mass is 10.1. The minimum atomic E-state index is -0.494. The summed E-state index contributed by atoms with van der Waals surface area (Å²) in [7, 11) is 0. The van der Waals surface area contributed by atoms with E-state index in [4.69, 9.17) is 11.6 Å². The van der Waals surface area contributed by atoms with Crippen molar-refractivity contribution in [3.63, 3.8) is 0 Å². The normalized spacial score (nSPS) is 11.5. The van der Waals surface area contributed by atoms with Crippen LogP contribution in [0.3, 0.4) is 0 Å². The Bertz CT molecular complexity index is 1280. The lowest BCUT2D eigenvalue weighted by Gasteiger charge is -2.17. The van der Waals surface area contributed by atoms with Crippen molar-refractivity contribution in [3.05, 3.63) is 119 Å². The molecule has 4 rings (SSSR count). The fourth-order valence-electron chi connectivity index (χ4n) is 3.28. The summed E-state index contributed by atoms with van der Waals surface area (Å²) in [6, 6.07) is 27.8. The summed E-state index contributed by atoms with van der Waals surface area (Å²) in [4.78, 5) is 30.7. The number of benzene rings is 3. The van der Waals surface area contributed by atoms with Crippen molar-refractivity contribution in [1.29, 1.82) is 0 Å². The van der Waals surface area contributed by atoms with Crippen molar-refractivity contribution in [3.8, 4) is 0 Å².